The van der Waals surface area contributed by atoms with Gasteiger partial charge in [-0.2, -0.15) is 0 Å². The molecule has 25 heavy (non-hydrogen) atoms. The minimum Gasteiger partial charge on any atom is -0.506 e. The number of carbonyl (C=O) groups is 1. The highest BCUT2D eigenvalue weighted by atomic mass is 16.3. The molecule has 3 nitrogen and oxygen atoms in total. The Morgan fingerprint density at radius 1 is 1.08 bits per heavy atom. The van der Waals surface area contributed by atoms with Crippen molar-refractivity contribution in [1.82, 2.24) is 0 Å². The van der Waals surface area contributed by atoms with Crippen molar-refractivity contribution in [2.45, 2.75) is 65.7 Å². The van der Waals surface area contributed by atoms with Gasteiger partial charge in [0.1, 0.15) is 5.76 Å². The Kier molecular flexibility index (Phi) is 6.98. The molecule has 0 amide bonds. The number of rotatable bonds is 7. The van der Waals surface area contributed by atoms with E-state index in [1.165, 1.54) is 25.7 Å². The Bertz CT molecular complexity index is 641. The van der Waals surface area contributed by atoms with E-state index in [9.17, 15) is 9.90 Å². The Morgan fingerprint density at radius 3 is 2.44 bits per heavy atom. The number of carbonyl (C=O) groups excluding carboxylic acids is 1. The zero-order chi connectivity index (χ0) is 18.3. The third-order valence-corrected chi connectivity index (χ3v) is 4.70. The van der Waals surface area contributed by atoms with Crippen molar-refractivity contribution in [3.63, 3.8) is 0 Å². The van der Waals surface area contributed by atoms with Crippen LogP contribution < -0.4 is 0 Å². The average Bonchev–Trinajstić information content (AvgIpc) is 2.57. The summed E-state index contributed by atoms with van der Waals surface area (Å²) in [5.74, 6) is 0.0770. The van der Waals surface area contributed by atoms with Gasteiger partial charge in [-0.15, -0.1) is 0 Å². The summed E-state index contributed by atoms with van der Waals surface area (Å²) in [6, 6.07) is 9.30. The molecule has 1 aliphatic carbocycles. The van der Waals surface area contributed by atoms with Gasteiger partial charge in [0.25, 0.3) is 0 Å². The maximum atomic E-state index is 12.7. The van der Waals surface area contributed by atoms with E-state index in [4.69, 9.17) is 4.99 Å². The molecule has 0 aromatic heterocycles. The van der Waals surface area contributed by atoms with Crippen LogP contribution in [-0.2, 0) is 4.79 Å². The summed E-state index contributed by atoms with van der Waals surface area (Å²) in [6.07, 6.45) is 7.14. The number of benzene rings is 1. The van der Waals surface area contributed by atoms with Crippen LogP contribution in [0.4, 0.5) is 0 Å². The molecule has 0 aliphatic heterocycles. The highest BCUT2D eigenvalue weighted by Gasteiger charge is 2.36. The normalized spacial score (nSPS) is 20.8. The van der Waals surface area contributed by atoms with E-state index in [1.807, 2.05) is 30.3 Å². The molecule has 0 bridgehead atoms. The van der Waals surface area contributed by atoms with Crippen molar-refractivity contribution < 1.29 is 9.90 Å². The Labute approximate surface area is 151 Å². The van der Waals surface area contributed by atoms with Crippen LogP contribution >= 0.6 is 0 Å². The summed E-state index contributed by atoms with van der Waals surface area (Å²) in [5.41, 5.74) is 1.79. The van der Waals surface area contributed by atoms with Gasteiger partial charge in [-0.25, -0.2) is 0 Å². The third kappa shape index (κ3) is 5.55. The smallest absolute Gasteiger partial charge is 0.168 e. The molecule has 1 aromatic rings. The zero-order valence-corrected chi connectivity index (χ0v) is 15.8. The molecule has 0 saturated heterocycles. The summed E-state index contributed by atoms with van der Waals surface area (Å²) in [4.78, 5) is 17.4. The van der Waals surface area contributed by atoms with Crippen LogP contribution in [0.3, 0.4) is 0 Å². The van der Waals surface area contributed by atoms with Gasteiger partial charge in [-0.1, -0.05) is 76.8 Å². The molecule has 1 N–H and O–H groups in total. The number of aliphatic hydroxyl groups is 1. The fourth-order valence-electron chi connectivity index (χ4n) is 3.36. The van der Waals surface area contributed by atoms with Gasteiger partial charge < -0.3 is 5.11 Å². The molecule has 1 fully saturated rings. The van der Waals surface area contributed by atoms with Gasteiger partial charge in [-0.3, -0.25) is 9.79 Å². The summed E-state index contributed by atoms with van der Waals surface area (Å²) in [7, 11) is 0. The minimum absolute atomic E-state index is 0.00216. The molecule has 0 spiro atoms. The number of hydrogen-bond donors (Lipinski definition) is 1. The number of ketones is 1. The predicted octanol–water partition coefficient (Wildman–Crippen LogP) is 5.76. The van der Waals surface area contributed by atoms with Gasteiger partial charge in [0, 0.05) is 24.2 Å². The van der Waals surface area contributed by atoms with E-state index in [1.54, 1.807) is 0 Å². The van der Waals surface area contributed by atoms with Crippen molar-refractivity contribution in [2.24, 2.45) is 10.4 Å². The zero-order valence-electron chi connectivity index (χ0n) is 15.8. The van der Waals surface area contributed by atoms with Crippen LogP contribution in [0.5, 0.6) is 0 Å². The monoisotopic (exact) mass is 341 g/mol. The molecule has 2 rings (SSSR count). The lowest BCUT2D eigenvalue weighted by Gasteiger charge is -2.31. The summed E-state index contributed by atoms with van der Waals surface area (Å²) in [6.45, 7) is 7.13. The van der Waals surface area contributed by atoms with E-state index in [2.05, 4.69) is 20.8 Å². The van der Waals surface area contributed by atoms with Crippen LogP contribution in [0.1, 0.15) is 71.3 Å². The van der Waals surface area contributed by atoms with E-state index in [-0.39, 0.29) is 17.0 Å². The van der Waals surface area contributed by atoms with Crippen molar-refractivity contribution in [2.75, 3.05) is 6.54 Å². The standard InChI is InChI=1S/C22H31NO2/c1-4-5-6-7-11-14-23-18-15-22(2,3)16-19(24)20(18)21(25)17-12-9-8-10-13-17/h8-10,12-13,25H,4-7,11,14-16H2,1-3H3/b21-20+,23-18?. The SMILES string of the molecule is CCCCCCCN=C1CC(C)(C)CC(=O)/C1=C(/O)c1ccccc1. The number of Topliss-reactive ketones (excluding diaryl/α,β-unsaturated/α-hetero) is 1. The van der Waals surface area contributed by atoms with E-state index in [0.717, 1.165) is 25.1 Å². The topological polar surface area (TPSA) is 49.7 Å². The lowest BCUT2D eigenvalue weighted by molar-refractivity contribution is -0.117. The lowest BCUT2D eigenvalue weighted by atomic mass is 9.73. The van der Waals surface area contributed by atoms with Crippen molar-refractivity contribution in [1.29, 1.82) is 0 Å². The fraction of sp³-hybridized carbons (Fsp3) is 0.545. The number of aliphatic hydroxyl groups excluding tert-OH is 1. The van der Waals surface area contributed by atoms with Crippen LogP contribution in [0, 0.1) is 5.41 Å². The number of unbranched alkanes of at least 4 members (excludes halogenated alkanes) is 4. The first-order valence-corrected chi connectivity index (χ1v) is 9.50. The van der Waals surface area contributed by atoms with Crippen LogP contribution in [-0.4, -0.2) is 23.1 Å². The molecular formula is C22H31NO2. The van der Waals surface area contributed by atoms with E-state index >= 15 is 0 Å². The minimum atomic E-state index is -0.0986. The molecular weight excluding hydrogens is 310 g/mol. The molecule has 0 heterocycles. The third-order valence-electron chi connectivity index (χ3n) is 4.70. The largest absolute Gasteiger partial charge is 0.506 e. The van der Waals surface area contributed by atoms with E-state index in [0.29, 0.717) is 17.6 Å². The predicted molar refractivity (Wildman–Crippen MR) is 105 cm³/mol. The Balaban J connectivity index is 2.23. The highest BCUT2D eigenvalue weighted by molar-refractivity contribution is 6.28. The molecule has 1 aliphatic rings. The second kappa shape index (κ2) is 8.98. The molecule has 3 heteroatoms. The maximum Gasteiger partial charge on any atom is 0.168 e. The molecule has 1 saturated carbocycles. The first-order chi connectivity index (χ1) is 11.9. The second-order valence-electron chi connectivity index (χ2n) is 7.77. The molecule has 1 aromatic carbocycles. The van der Waals surface area contributed by atoms with Gasteiger partial charge in [-0.05, 0) is 18.3 Å². The fourth-order valence-corrected chi connectivity index (χ4v) is 3.36. The summed E-state index contributed by atoms with van der Waals surface area (Å²) >= 11 is 0. The molecule has 0 radical (unpaired) electrons. The number of hydrogen-bond acceptors (Lipinski definition) is 3. The lowest BCUT2D eigenvalue weighted by Crippen LogP contribution is -2.32. The van der Waals surface area contributed by atoms with Gasteiger partial charge in [0.2, 0.25) is 0 Å². The Morgan fingerprint density at radius 2 is 1.76 bits per heavy atom. The van der Waals surface area contributed by atoms with Crippen molar-refractivity contribution >= 4 is 17.3 Å². The van der Waals surface area contributed by atoms with Gasteiger partial charge in [0.15, 0.2) is 5.78 Å². The quantitative estimate of drug-likeness (QED) is 0.389. The second-order valence-corrected chi connectivity index (χ2v) is 7.77. The molecule has 136 valence electrons. The van der Waals surface area contributed by atoms with Crippen LogP contribution in [0.15, 0.2) is 40.9 Å². The first kappa shape index (κ1) is 19.4. The van der Waals surface area contributed by atoms with Crippen molar-refractivity contribution in [3.05, 3.63) is 41.5 Å². The average molecular weight is 341 g/mol. The summed E-state index contributed by atoms with van der Waals surface area (Å²) in [5, 5.41) is 10.7. The Hall–Kier alpha value is -1.90. The number of allylic oxidation sites excluding steroid dienone is 1. The van der Waals surface area contributed by atoms with Crippen LogP contribution in [0.2, 0.25) is 0 Å². The van der Waals surface area contributed by atoms with Crippen LogP contribution in [0.25, 0.3) is 5.76 Å². The number of aliphatic imine (C=N–C) groups is 1. The maximum absolute atomic E-state index is 12.7. The van der Waals surface area contributed by atoms with Crippen molar-refractivity contribution in [3.8, 4) is 0 Å². The first-order valence-electron chi connectivity index (χ1n) is 9.50. The summed E-state index contributed by atoms with van der Waals surface area (Å²) < 4.78 is 0. The molecule has 0 unspecified atom stereocenters. The number of nitrogens with zero attached hydrogens (tertiary/aromatic N) is 1. The molecule has 0 atom stereocenters. The van der Waals surface area contributed by atoms with E-state index < -0.39 is 0 Å². The van der Waals surface area contributed by atoms with Gasteiger partial charge in [0.05, 0.1) is 5.57 Å². The highest BCUT2D eigenvalue weighted by Crippen LogP contribution is 2.36. The van der Waals surface area contributed by atoms with Gasteiger partial charge >= 0.3 is 0 Å².